The average molecular weight is 562 g/mol. The number of hydrogen-bond acceptors (Lipinski definition) is 5. The molecular formula is C31H48FN3O5. The van der Waals surface area contributed by atoms with E-state index in [2.05, 4.69) is 23.3 Å². The molecule has 224 valence electrons. The Labute approximate surface area is 239 Å². The molecule has 0 aromatic heterocycles. The molecule has 1 unspecified atom stereocenters. The van der Waals surface area contributed by atoms with Crippen LogP contribution in [0, 0.1) is 24.1 Å². The number of primary amides is 1. The second kappa shape index (κ2) is 26.8. The average Bonchev–Trinajstić information content (AvgIpc) is 2.91. The van der Waals surface area contributed by atoms with Crippen molar-refractivity contribution in [3.8, 4) is 12.3 Å². The molecule has 0 fully saturated rings. The number of terminal acetylenes is 1. The monoisotopic (exact) mass is 561 g/mol. The Morgan fingerprint density at radius 2 is 1.65 bits per heavy atom. The van der Waals surface area contributed by atoms with Gasteiger partial charge in [-0.2, -0.15) is 0 Å². The Morgan fingerprint density at radius 1 is 1.05 bits per heavy atom. The fraction of sp³-hybridized carbons (Fsp3) is 0.516. The number of unbranched alkanes of at least 4 members (excludes halogenated alkanes) is 3. The van der Waals surface area contributed by atoms with Crippen molar-refractivity contribution in [2.45, 2.75) is 99.5 Å². The van der Waals surface area contributed by atoms with Crippen LogP contribution in [0.3, 0.4) is 0 Å². The third-order valence-electron chi connectivity index (χ3n) is 5.14. The van der Waals surface area contributed by atoms with Gasteiger partial charge in [0.1, 0.15) is 5.82 Å². The number of nitrogens with one attached hydrogen (secondary N) is 2. The molecule has 0 spiro atoms. The van der Waals surface area contributed by atoms with E-state index >= 15 is 0 Å². The molecule has 0 saturated carbocycles. The van der Waals surface area contributed by atoms with E-state index in [1.807, 2.05) is 40.5 Å². The molecule has 0 radical (unpaired) electrons. The molecule has 0 aliphatic carbocycles. The summed E-state index contributed by atoms with van der Waals surface area (Å²) in [5.74, 6) is 0.772. The van der Waals surface area contributed by atoms with Gasteiger partial charge in [0.25, 0.3) is 0 Å². The predicted octanol–water partition coefficient (Wildman–Crippen LogP) is 5.29. The van der Waals surface area contributed by atoms with Crippen LogP contribution in [-0.2, 0) is 30.4 Å². The number of benzene rings is 1. The van der Waals surface area contributed by atoms with E-state index in [1.54, 1.807) is 12.1 Å². The van der Waals surface area contributed by atoms with Gasteiger partial charge < -0.3 is 16.4 Å². The van der Waals surface area contributed by atoms with Crippen LogP contribution in [0.1, 0.15) is 92.6 Å². The molecule has 1 aromatic carbocycles. The van der Waals surface area contributed by atoms with E-state index in [-0.39, 0.29) is 48.2 Å². The number of carbonyl (C=O) groups excluding carboxylic acids is 5. The largest absolute Gasteiger partial charge is 0.372 e. The third kappa shape index (κ3) is 23.3. The van der Waals surface area contributed by atoms with E-state index in [0.29, 0.717) is 24.1 Å². The quantitative estimate of drug-likeness (QED) is 0.0989. The number of aryl methyl sites for hydroxylation is 1. The maximum absolute atomic E-state index is 13.8. The van der Waals surface area contributed by atoms with Crippen molar-refractivity contribution in [1.29, 1.82) is 0 Å². The van der Waals surface area contributed by atoms with Crippen LogP contribution in [-0.4, -0.2) is 35.8 Å². The van der Waals surface area contributed by atoms with Crippen molar-refractivity contribution in [1.82, 2.24) is 5.32 Å². The van der Waals surface area contributed by atoms with Gasteiger partial charge in [-0.1, -0.05) is 66.9 Å². The lowest BCUT2D eigenvalue weighted by Crippen LogP contribution is -2.41. The first-order valence-electron chi connectivity index (χ1n) is 13.7. The molecule has 1 rings (SSSR count). The smallest absolute Gasteiger partial charge is 0.228 e. The lowest BCUT2D eigenvalue weighted by atomic mass is 10.00. The summed E-state index contributed by atoms with van der Waals surface area (Å²) in [4.78, 5) is 53.4. The molecule has 0 aliphatic heterocycles. The number of rotatable bonds is 13. The molecule has 4 N–H and O–H groups in total. The minimum Gasteiger partial charge on any atom is -0.372 e. The normalized spacial score (nSPS) is 10.3. The van der Waals surface area contributed by atoms with Crippen LogP contribution in [0.2, 0.25) is 0 Å². The Hall–Kier alpha value is -3.80. The van der Waals surface area contributed by atoms with E-state index in [0.717, 1.165) is 37.8 Å². The maximum Gasteiger partial charge on any atom is 0.228 e. The van der Waals surface area contributed by atoms with Crippen LogP contribution >= 0.6 is 0 Å². The molecule has 1 aromatic rings. The minimum atomic E-state index is -0.481. The van der Waals surface area contributed by atoms with Crippen molar-refractivity contribution < 1.29 is 28.4 Å². The number of amides is 3. The third-order valence-corrected chi connectivity index (χ3v) is 5.14. The number of halogens is 1. The van der Waals surface area contributed by atoms with Gasteiger partial charge in [-0.15, -0.1) is 6.42 Å². The van der Waals surface area contributed by atoms with Crippen LogP contribution in [0.25, 0.3) is 0 Å². The SMILES string of the molecule is C#CC(=O)/C=C\C(C)=O.CC.CCCCCCC(=O)NC(CC(=O)Nc1ccc(CC)c(F)c1)C(C)C.NC=O. The number of carbonyl (C=O) groups is 5. The van der Waals surface area contributed by atoms with Gasteiger partial charge in [0.05, 0.1) is 0 Å². The molecule has 0 saturated heterocycles. The van der Waals surface area contributed by atoms with Gasteiger partial charge in [0.2, 0.25) is 24.0 Å². The number of nitrogens with two attached hydrogens (primary N) is 1. The second-order valence-corrected chi connectivity index (χ2v) is 8.73. The highest BCUT2D eigenvalue weighted by molar-refractivity contribution is 6.06. The van der Waals surface area contributed by atoms with Crippen molar-refractivity contribution in [3.05, 3.63) is 41.7 Å². The van der Waals surface area contributed by atoms with E-state index < -0.39 is 5.78 Å². The van der Waals surface area contributed by atoms with Crippen molar-refractivity contribution in [2.75, 3.05) is 5.32 Å². The van der Waals surface area contributed by atoms with Crippen LogP contribution in [0.5, 0.6) is 0 Å². The molecule has 8 nitrogen and oxygen atoms in total. The number of allylic oxidation sites excluding steroid dienone is 2. The Bertz CT molecular complexity index is 968. The first kappa shape index (κ1) is 40.7. The lowest BCUT2D eigenvalue weighted by Gasteiger charge is -2.22. The predicted molar refractivity (Wildman–Crippen MR) is 160 cm³/mol. The fourth-order valence-electron chi connectivity index (χ4n) is 3.01. The van der Waals surface area contributed by atoms with Gasteiger partial charge in [0.15, 0.2) is 5.78 Å². The first-order valence-corrected chi connectivity index (χ1v) is 13.7. The summed E-state index contributed by atoms with van der Waals surface area (Å²) in [7, 11) is 0. The zero-order valence-corrected chi connectivity index (χ0v) is 25.1. The van der Waals surface area contributed by atoms with Gasteiger partial charge in [-0.3, -0.25) is 24.0 Å². The zero-order chi connectivity index (χ0) is 31.5. The first-order chi connectivity index (χ1) is 18.9. The highest BCUT2D eigenvalue weighted by atomic mass is 19.1. The number of hydrogen-bond donors (Lipinski definition) is 3. The summed E-state index contributed by atoms with van der Waals surface area (Å²) in [5, 5.41) is 5.69. The van der Waals surface area contributed by atoms with Crippen molar-refractivity contribution >= 4 is 35.5 Å². The summed E-state index contributed by atoms with van der Waals surface area (Å²) < 4.78 is 13.8. The van der Waals surface area contributed by atoms with E-state index in [1.165, 1.54) is 13.0 Å². The standard InChI is InChI=1S/C21H33FN2O2.C7H6O2.C2H6.CH3NO/c1-5-7-8-9-10-20(25)24-19(15(3)4)14-21(26)23-17-12-11-16(6-2)18(22)13-17;1-3-7(9)5-4-6(2)8;1-2;2-1-3/h11-13,15,19H,5-10,14H2,1-4H3,(H,23,26)(H,24,25);1,4-5H,2H3;1-2H3;1H,(H2,2,3)/b;5-4-;;. The number of ketones is 2. The molecule has 0 bridgehead atoms. The molecule has 0 aliphatic rings. The highest BCUT2D eigenvalue weighted by Gasteiger charge is 2.20. The van der Waals surface area contributed by atoms with E-state index in [9.17, 15) is 23.6 Å². The van der Waals surface area contributed by atoms with Gasteiger partial charge in [-0.25, -0.2) is 4.39 Å². The Balaban J connectivity index is -0.000000812. The molecule has 1 atom stereocenters. The maximum atomic E-state index is 13.8. The topological polar surface area (TPSA) is 135 Å². The van der Waals surface area contributed by atoms with Crippen molar-refractivity contribution in [3.63, 3.8) is 0 Å². The molecular weight excluding hydrogens is 513 g/mol. The Morgan fingerprint density at radius 3 is 2.10 bits per heavy atom. The summed E-state index contributed by atoms with van der Waals surface area (Å²) in [6, 6.07) is 4.50. The zero-order valence-electron chi connectivity index (χ0n) is 25.1. The molecule has 9 heteroatoms. The Kier molecular flexibility index (Phi) is 27.3. The second-order valence-electron chi connectivity index (χ2n) is 8.73. The van der Waals surface area contributed by atoms with Gasteiger partial charge >= 0.3 is 0 Å². The van der Waals surface area contributed by atoms with Crippen molar-refractivity contribution in [2.24, 2.45) is 11.7 Å². The molecule has 0 heterocycles. The van der Waals surface area contributed by atoms with Gasteiger partial charge in [-0.05, 0) is 61.5 Å². The highest BCUT2D eigenvalue weighted by Crippen LogP contribution is 2.16. The van der Waals surface area contributed by atoms with Crippen LogP contribution in [0.4, 0.5) is 10.1 Å². The van der Waals surface area contributed by atoms with E-state index in [4.69, 9.17) is 11.2 Å². The summed E-state index contributed by atoms with van der Waals surface area (Å²) in [6.07, 6.45) is 12.6. The summed E-state index contributed by atoms with van der Waals surface area (Å²) in [6.45, 7) is 13.3. The van der Waals surface area contributed by atoms with Gasteiger partial charge in [0, 0.05) is 24.6 Å². The molecule has 3 amide bonds. The molecule has 40 heavy (non-hydrogen) atoms. The lowest BCUT2D eigenvalue weighted by molar-refractivity contribution is -0.123. The fourth-order valence-corrected chi connectivity index (χ4v) is 3.01. The van der Waals surface area contributed by atoms with Crippen LogP contribution < -0.4 is 16.4 Å². The van der Waals surface area contributed by atoms with Crippen LogP contribution in [0.15, 0.2) is 30.4 Å². The summed E-state index contributed by atoms with van der Waals surface area (Å²) >= 11 is 0. The summed E-state index contributed by atoms with van der Waals surface area (Å²) in [5.41, 5.74) is 5.23. The minimum absolute atomic E-state index is 0.00838. The number of anilines is 1.